The fourth-order valence-electron chi connectivity index (χ4n) is 3.48. The molecule has 0 aromatic heterocycles. The summed E-state index contributed by atoms with van der Waals surface area (Å²) in [6.07, 6.45) is -3.55. The van der Waals surface area contributed by atoms with Gasteiger partial charge in [0, 0.05) is 6.54 Å². The monoisotopic (exact) mass is 405 g/mol. The Morgan fingerprint density at radius 1 is 1.14 bits per heavy atom. The Morgan fingerprint density at radius 2 is 1.86 bits per heavy atom. The van der Waals surface area contributed by atoms with Gasteiger partial charge in [0.15, 0.2) is 12.4 Å². The molecule has 2 aromatic carbocycles. The summed E-state index contributed by atoms with van der Waals surface area (Å²) in [6, 6.07) is 15.5. The smallest absolute Gasteiger partial charge is 0.297 e. The van der Waals surface area contributed by atoms with Gasteiger partial charge in [0.1, 0.15) is 12.2 Å². The summed E-state index contributed by atoms with van der Waals surface area (Å²) in [5, 5.41) is 14.1. The third-order valence-corrected chi connectivity index (χ3v) is 6.36. The fraction of sp³-hybridized carbons (Fsp3) is 0.400. The van der Waals surface area contributed by atoms with E-state index < -0.39 is 34.7 Å². The van der Waals surface area contributed by atoms with E-state index >= 15 is 0 Å². The first kappa shape index (κ1) is 19.5. The average molecular weight is 405 g/mol. The van der Waals surface area contributed by atoms with Gasteiger partial charge in [-0.3, -0.25) is 4.18 Å². The Morgan fingerprint density at radius 3 is 2.57 bits per heavy atom. The highest BCUT2D eigenvalue weighted by atomic mass is 32.2. The van der Waals surface area contributed by atoms with Crippen LogP contribution >= 0.6 is 0 Å². The quantitative estimate of drug-likeness (QED) is 0.701. The molecule has 2 fully saturated rings. The molecule has 2 aliphatic heterocycles. The Labute approximate surface area is 164 Å². The SMILES string of the molecule is Cc1ccc(S(=O)(=O)O[C@H]2[C@@H]3OC[C@@H](O3)[C@@H](NCc3ccccc3)[C@@H]2O)cc1. The molecule has 2 saturated heterocycles. The van der Waals surface area contributed by atoms with Crippen molar-refractivity contribution in [3.05, 3.63) is 65.7 Å². The number of nitrogens with one attached hydrogen (secondary N) is 1. The number of hydrogen-bond donors (Lipinski definition) is 2. The molecular formula is C20H23NO6S. The first-order valence-electron chi connectivity index (χ1n) is 9.16. The molecule has 2 N–H and O–H groups in total. The lowest BCUT2D eigenvalue weighted by molar-refractivity contribution is -0.192. The lowest BCUT2D eigenvalue weighted by atomic mass is 9.98. The van der Waals surface area contributed by atoms with E-state index in [1.165, 1.54) is 12.1 Å². The van der Waals surface area contributed by atoms with Crippen LogP contribution in [0.2, 0.25) is 0 Å². The van der Waals surface area contributed by atoms with Gasteiger partial charge < -0.3 is 19.9 Å². The van der Waals surface area contributed by atoms with Crippen LogP contribution in [0.3, 0.4) is 0 Å². The van der Waals surface area contributed by atoms with Crippen LogP contribution < -0.4 is 5.32 Å². The van der Waals surface area contributed by atoms with Crippen molar-refractivity contribution in [2.45, 2.75) is 49.0 Å². The largest absolute Gasteiger partial charge is 0.388 e. The van der Waals surface area contributed by atoms with E-state index in [4.69, 9.17) is 13.7 Å². The third kappa shape index (κ3) is 3.98. The predicted octanol–water partition coefficient (Wildman–Crippen LogP) is 1.34. The standard InChI is InChI=1S/C20H23NO6S/c1-13-7-9-15(10-8-13)28(23,24)27-19-18(22)17(16-12-25-20(19)26-16)21-11-14-5-3-2-4-6-14/h2-10,16-22H,11-12H2,1H3/t16-,17-,18+,19-,20-/m1/s1. The zero-order chi connectivity index (χ0) is 19.7. The van der Waals surface area contributed by atoms with Crippen molar-refractivity contribution in [1.29, 1.82) is 0 Å². The van der Waals surface area contributed by atoms with Crippen LogP contribution in [0.4, 0.5) is 0 Å². The molecule has 0 aliphatic carbocycles. The van der Waals surface area contributed by atoms with Gasteiger partial charge in [0.05, 0.1) is 17.5 Å². The molecule has 2 aliphatic rings. The fourth-order valence-corrected chi connectivity index (χ4v) is 4.56. The molecule has 0 saturated carbocycles. The van der Waals surface area contributed by atoms with E-state index in [1.807, 2.05) is 37.3 Å². The maximum Gasteiger partial charge on any atom is 0.297 e. The third-order valence-electron chi connectivity index (χ3n) is 5.04. The average Bonchev–Trinajstić information content (AvgIpc) is 3.12. The van der Waals surface area contributed by atoms with Crippen molar-refractivity contribution in [3.63, 3.8) is 0 Å². The summed E-state index contributed by atoms with van der Waals surface area (Å²) in [4.78, 5) is 0.0271. The molecular weight excluding hydrogens is 382 g/mol. The van der Waals surface area contributed by atoms with Crippen LogP contribution in [-0.2, 0) is 30.3 Å². The van der Waals surface area contributed by atoms with Gasteiger partial charge in [-0.25, -0.2) is 0 Å². The summed E-state index contributed by atoms with van der Waals surface area (Å²) in [7, 11) is -4.07. The van der Waals surface area contributed by atoms with Crippen LogP contribution in [0.15, 0.2) is 59.5 Å². The molecule has 150 valence electrons. The van der Waals surface area contributed by atoms with Crippen molar-refractivity contribution in [3.8, 4) is 0 Å². The van der Waals surface area contributed by atoms with Gasteiger partial charge in [-0.2, -0.15) is 8.42 Å². The molecule has 28 heavy (non-hydrogen) atoms. The highest BCUT2D eigenvalue weighted by Crippen LogP contribution is 2.32. The van der Waals surface area contributed by atoms with Crippen molar-refractivity contribution >= 4 is 10.1 Å². The predicted molar refractivity (Wildman–Crippen MR) is 101 cm³/mol. The molecule has 2 heterocycles. The summed E-state index contributed by atoms with van der Waals surface area (Å²) < 4.78 is 41.9. The van der Waals surface area contributed by atoms with Crippen LogP contribution in [-0.4, -0.2) is 50.8 Å². The summed E-state index contributed by atoms with van der Waals surface area (Å²) in [5.74, 6) is 0. The number of benzene rings is 2. The lowest BCUT2D eigenvalue weighted by Gasteiger charge is -2.38. The summed E-state index contributed by atoms with van der Waals surface area (Å²) in [5.41, 5.74) is 1.98. The number of aliphatic hydroxyl groups is 1. The Hall–Kier alpha value is -1.81. The van der Waals surface area contributed by atoms with E-state index in [1.54, 1.807) is 12.1 Å². The second-order valence-corrected chi connectivity index (χ2v) is 8.66. The minimum Gasteiger partial charge on any atom is -0.388 e. The second-order valence-electron chi connectivity index (χ2n) is 7.09. The molecule has 0 amide bonds. The van der Waals surface area contributed by atoms with Crippen molar-refractivity contribution in [1.82, 2.24) is 5.32 Å². The minimum absolute atomic E-state index is 0.0271. The highest BCUT2D eigenvalue weighted by Gasteiger charge is 2.52. The van der Waals surface area contributed by atoms with Gasteiger partial charge in [-0.15, -0.1) is 0 Å². The van der Waals surface area contributed by atoms with Crippen LogP contribution in [0.1, 0.15) is 11.1 Å². The number of aliphatic hydroxyl groups excluding tert-OH is 1. The molecule has 7 nitrogen and oxygen atoms in total. The normalized spacial score (nSPS) is 29.7. The van der Waals surface area contributed by atoms with Gasteiger partial charge in [-0.1, -0.05) is 48.0 Å². The van der Waals surface area contributed by atoms with Crippen LogP contribution in [0.25, 0.3) is 0 Å². The summed E-state index contributed by atoms with van der Waals surface area (Å²) >= 11 is 0. The maximum absolute atomic E-state index is 12.7. The van der Waals surface area contributed by atoms with Gasteiger partial charge in [0.25, 0.3) is 10.1 Å². The van der Waals surface area contributed by atoms with Gasteiger partial charge in [-0.05, 0) is 24.6 Å². The van der Waals surface area contributed by atoms with Crippen molar-refractivity contribution in [2.24, 2.45) is 0 Å². The first-order chi connectivity index (χ1) is 13.4. The molecule has 5 atom stereocenters. The topological polar surface area (TPSA) is 94.1 Å². The molecule has 2 bridgehead atoms. The number of fused-ring (bicyclic) bond motifs is 2. The molecule has 4 rings (SSSR count). The number of hydrogen-bond acceptors (Lipinski definition) is 7. The van der Waals surface area contributed by atoms with Gasteiger partial charge in [0.2, 0.25) is 0 Å². The molecule has 8 heteroatoms. The van der Waals surface area contributed by atoms with E-state index in [0.29, 0.717) is 6.54 Å². The maximum atomic E-state index is 12.7. The van der Waals surface area contributed by atoms with Crippen LogP contribution in [0, 0.1) is 6.92 Å². The second kappa shape index (κ2) is 7.90. The zero-order valence-electron chi connectivity index (χ0n) is 15.4. The Balaban J connectivity index is 1.49. The Kier molecular flexibility index (Phi) is 5.50. The lowest BCUT2D eigenvalue weighted by Crippen LogP contribution is -2.60. The minimum atomic E-state index is -4.07. The molecule has 0 spiro atoms. The van der Waals surface area contributed by atoms with Crippen LogP contribution in [0.5, 0.6) is 0 Å². The summed E-state index contributed by atoms with van der Waals surface area (Å²) in [6.45, 7) is 2.63. The first-order valence-corrected chi connectivity index (χ1v) is 10.6. The Bertz CT molecular complexity index is 902. The zero-order valence-corrected chi connectivity index (χ0v) is 16.2. The van der Waals surface area contributed by atoms with Gasteiger partial charge >= 0.3 is 0 Å². The van der Waals surface area contributed by atoms with Crippen molar-refractivity contribution < 1.29 is 27.2 Å². The van der Waals surface area contributed by atoms with E-state index in [9.17, 15) is 13.5 Å². The molecule has 0 radical (unpaired) electrons. The molecule has 0 unspecified atom stereocenters. The number of aryl methyl sites for hydroxylation is 1. The van der Waals surface area contributed by atoms with E-state index in [-0.39, 0.29) is 17.6 Å². The van der Waals surface area contributed by atoms with E-state index in [0.717, 1.165) is 11.1 Å². The van der Waals surface area contributed by atoms with E-state index in [2.05, 4.69) is 5.32 Å². The number of rotatable bonds is 6. The number of ether oxygens (including phenoxy) is 2. The van der Waals surface area contributed by atoms with Crippen molar-refractivity contribution in [2.75, 3.05) is 6.61 Å². The molecule has 2 aromatic rings. The highest BCUT2D eigenvalue weighted by molar-refractivity contribution is 7.86.